The minimum atomic E-state index is -0.305. The molecule has 3 aromatic heterocycles. The molecule has 3 heterocycles. The highest BCUT2D eigenvalue weighted by Gasteiger charge is 2.16. The molecular weight excluding hydrogens is 420 g/mol. The molecule has 0 spiro atoms. The molecule has 0 atom stereocenters. The average Bonchev–Trinajstić information content (AvgIpc) is 3.39. The second-order valence-electron chi connectivity index (χ2n) is 6.57. The highest BCUT2D eigenvalue weighted by atomic mass is 35.5. The van der Waals surface area contributed by atoms with Crippen molar-refractivity contribution >= 4 is 28.8 Å². The molecule has 7 nitrogen and oxygen atoms in total. The number of rotatable bonds is 7. The maximum atomic E-state index is 12.4. The zero-order valence-corrected chi connectivity index (χ0v) is 17.8. The summed E-state index contributed by atoms with van der Waals surface area (Å²) in [5.74, 6) is 0.418. The summed E-state index contributed by atoms with van der Waals surface area (Å²) < 4.78 is 1.58. The molecule has 0 aliphatic heterocycles. The molecule has 0 fully saturated rings. The number of thiazole rings is 1. The number of nitrogens with zero attached hydrogens (tertiary/aromatic N) is 5. The molecule has 9 heteroatoms. The van der Waals surface area contributed by atoms with Gasteiger partial charge in [-0.05, 0) is 37.6 Å². The van der Waals surface area contributed by atoms with Crippen LogP contribution in [0.4, 0.5) is 0 Å². The molecule has 4 rings (SSSR count). The maximum absolute atomic E-state index is 12.4. The highest BCUT2D eigenvalue weighted by molar-refractivity contribution is 7.09. The summed E-state index contributed by atoms with van der Waals surface area (Å²) in [6, 6.07) is 11.2. The van der Waals surface area contributed by atoms with Gasteiger partial charge in [0.25, 0.3) is 5.91 Å². The number of aromatic nitrogens is 5. The number of hydrogen-bond donors (Lipinski definition) is 1. The van der Waals surface area contributed by atoms with Crippen LogP contribution in [0.2, 0.25) is 5.02 Å². The second kappa shape index (κ2) is 9.15. The Morgan fingerprint density at radius 1 is 1.17 bits per heavy atom. The van der Waals surface area contributed by atoms with Gasteiger partial charge in [0.15, 0.2) is 0 Å². The average molecular weight is 439 g/mol. The smallest absolute Gasteiger partial charge is 0.290 e. The highest BCUT2D eigenvalue weighted by Crippen LogP contribution is 2.22. The second-order valence-corrected chi connectivity index (χ2v) is 7.92. The van der Waals surface area contributed by atoms with Gasteiger partial charge in [0.2, 0.25) is 5.82 Å². The Kier molecular flexibility index (Phi) is 6.15. The number of aryl methyl sites for hydroxylation is 2. The molecular formula is C21H19ClN6OS. The van der Waals surface area contributed by atoms with Gasteiger partial charge >= 0.3 is 0 Å². The Balaban J connectivity index is 1.31. The lowest BCUT2D eigenvalue weighted by atomic mass is 10.2. The van der Waals surface area contributed by atoms with Crippen molar-refractivity contribution in [2.24, 2.45) is 0 Å². The quantitative estimate of drug-likeness (QED) is 0.439. The number of nitrogens with one attached hydrogen (secondary N) is 1. The predicted molar refractivity (Wildman–Crippen MR) is 117 cm³/mol. The molecule has 0 radical (unpaired) electrons. The number of hydrogen-bond acceptors (Lipinski definition) is 6. The van der Waals surface area contributed by atoms with Crippen molar-refractivity contribution in [3.63, 3.8) is 0 Å². The predicted octanol–water partition coefficient (Wildman–Crippen LogP) is 4.11. The largest absolute Gasteiger partial charge is 0.349 e. The van der Waals surface area contributed by atoms with E-state index in [-0.39, 0.29) is 11.7 Å². The number of halogens is 1. The third-order valence-electron chi connectivity index (χ3n) is 4.43. The van der Waals surface area contributed by atoms with Gasteiger partial charge in [-0.3, -0.25) is 9.78 Å². The fraction of sp³-hybridized carbons (Fsp3) is 0.190. The number of pyridine rings is 1. The zero-order chi connectivity index (χ0) is 20.9. The Labute approximate surface area is 182 Å². The lowest BCUT2D eigenvalue weighted by molar-refractivity contribution is 0.0943. The minimum absolute atomic E-state index is 0.127. The first-order valence-corrected chi connectivity index (χ1v) is 10.7. The first-order valence-electron chi connectivity index (χ1n) is 9.43. The standard InChI is InChI=1S/C21H19ClN6OS/c1-14-25-20(27-28(14)18-6-3-2-5-16(18)22)21(29)24-10-4-7-19-26-17(13-30-19)15-8-11-23-12-9-15/h2-3,5-6,8-9,11-13H,4,7,10H2,1H3,(H,24,29). The third-order valence-corrected chi connectivity index (χ3v) is 5.66. The molecule has 30 heavy (non-hydrogen) atoms. The molecule has 4 aromatic rings. The van der Waals surface area contributed by atoms with Crippen LogP contribution >= 0.6 is 22.9 Å². The van der Waals surface area contributed by atoms with Gasteiger partial charge < -0.3 is 5.32 Å². The molecule has 1 N–H and O–H groups in total. The SMILES string of the molecule is Cc1nc(C(=O)NCCCc2nc(-c3ccncc3)cs2)nn1-c1ccccc1Cl. The van der Waals surface area contributed by atoms with Crippen LogP contribution in [-0.2, 0) is 6.42 Å². The van der Waals surface area contributed by atoms with E-state index in [9.17, 15) is 4.79 Å². The lowest BCUT2D eigenvalue weighted by Gasteiger charge is -2.04. The topological polar surface area (TPSA) is 85.6 Å². The summed E-state index contributed by atoms with van der Waals surface area (Å²) in [5, 5.41) is 10.8. The monoisotopic (exact) mass is 438 g/mol. The van der Waals surface area contributed by atoms with Crippen molar-refractivity contribution in [3.05, 3.63) is 75.9 Å². The molecule has 0 saturated carbocycles. The summed E-state index contributed by atoms with van der Waals surface area (Å²) in [6.07, 6.45) is 5.08. The fourth-order valence-electron chi connectivity index (χ4n) is 2.94. The van der Waals surface area contributed by atoms with Crippen LogP contribution in [0.15, 0.2) is 54.2 Å². The normalized spacial score (nSPS) is 10.9. The molecule has 0 aliphatic rings. The van der Waals surface area contributed by atoms with Crippen molar-refractivity contribution in [3.8, 4) is 16.9 Å². The van der Waals surface area contributed by atoms with Crippen LogP contribution < -0.4 is 5.32 Å². The Bertz CT molecular complexity index is 1160. The van der Waals surface area contributed by atoms with E-state index in [1.54, 1.807) is 41.4 Å². The molecule has 152 valence electrons. The van der Waals surface area contributed by atoms with E-state index in [2.05, 4.69) is 25.4 Å². The first-order chi connectivity index (χ1) is 14.6. The van der Waals surface area contributed by atoms with E-state index in [0.29, 0.717) is 23.1 Å². The maximum Gasteiger partial charge on any atom is 0.290 e. The van der Waals surface area contributed by atoms with Gasteiger partial charge in [-0.15, -0.1) is 16.4 Å². The van der Waals surface area contributed by atoms with E-state index < -0.39 is 0 Å². The van der Waals surface area contributed by atoms with Crippen molar-refractivity contribution in [2.75, 3.05) is 6.54 Å². The molecule has 0 aliphatic carbocycles. The summed E-state index contributed by atoms with van der Waals surface area (Å²) in [6.45, 7) is 2.30. The van der Waals surface area contributed by atoms with Crippen LogP contribution in [0.5, 0.6) is 0 Å². The summed E-state index contributed by atoms with van der Waals surface area (Å²) >= 11 is 7.84. The number of amides is 1. The van der Waals surface area contributed by atoms with E-state index in [1.807, 2.05) is 35.7 Å². The van der Waals surface area contributed by atoms with Gasteiger partial charge in [-0.25, -0.2) is 14.6 Å². The zero-order valence-electron chi connectivity index (χ0n) is 16.2. The number of benzene rings is 1. The molecule has 0 bridgehead atoms. The number of carbonyl (C=O) groups excluding carboxylic acids is 1. The van der Waals surface area contributed by atoms with Crippen molar-refractivity contribution in [1.82, 2.24) is 30.0 Å². The Morgan fingerprint density at radius 2 is 1.97 bits per heavy atom. The lowest BCUT2D eigenvalue weighted by Crippen LogP contribution is -2.26. The molecule has 0 unspecified atom stereocenters. The van der Waals surface area contributed by atoms with Crippen LogP contribution in [0.3, 0.4) is 0 Å². The van der Waals surface area contributed by atoms with Crippen LogP contribution in [-0.4, -0.2) is 37.2 Å². The molecule has 1 amide bonds. The number of para-hydroxylation sites is 1. The van der Waals surface area contributed by atoms with Gasteiger partial charge in [0.1, 0.15) is 5.82 Å². The first kappa shape index (κ1) is 20.2. The van der Waals surface area contributed by atoms with Crippen molar-refractivity contribution in [1.29, 1.82) is 0 Å². The molecule has 1 aromatic carbocycles. The van der Waals surface area contributed by atoms with Crippen molar-refractivity contribution in [2.45, 2.75) is 19.8 Å². The van der Waals surface area contributed by atoms with E-state index in [4.69, 9.17) is 11.6 Å². The summed E-state index contributed by atoms with van der Waals surface area (Å²) in [5.41, 5.74) is 2.69. The molecule has 0 saturated heterocycles. The summed E-state index contributed by atoms with van der Waals surface area (Å²) in [4.78, 5) is 25.4. The van der Waals surface area contributed by atoms with Gasteiger partial charge in [0.05, 0.1) is 21.4 Å². The Morgan fingerprint density at radius 3 is 2.77 bits per heavy atom. The van der Waals surface area contributed by atoms with Crippen LogP contribution in [0.1, 0.15) is 27.9 Å². The summed E-state index contributed by atoms with van der Waals surface area (Å²) in [7, 11) is 0. The number of carbonyl (C=O) groups is 1. The van der Waals surface area contributed by atoms with Crippen LogP contribution in [0, 0.1) is 6.92 Å². The van der Waals surface area contributed by atoms with Gasteiger partial charge in [-0.1, -0.05) is 23.7 Å². The van der Waals surface area contributed by atoms with Crippen molar-refractivity contribution < 1.29 is 4.79 Å². The fourth-order valence-corrected chi connectivity index (χ4v) is 4.00. The van der Waals surface area contributed by atoms with E-state index in [1.165, 1.54) is 0 Å². The van der Waals surface area contributed by atoms with Crippen LogP contribution in [0.25, 0.3) is 16.9 Å². The minimum Gasteiger partial charge on any atom is -0.349 e. The van der Waals surface area contributed by atoms with E-state index >= 15 is 0 Å². The van der Waals surface area contributed by atoms with Gasteiger partial charge in [0, 0.05) is 36.3 Å². The van der Waals surface area contributed by atoms with Gasteiger partial charge in [-0.2, -0.15) is 0 Å². The third kappa shape index (κ3) is 4.55. The van der Waals surface area contributed by atoms with E-state index in [0.717, 1.165) is 29.1 Å². The Hall–Kier alpha value is -3.10.